The molecule has 2 aromatic rings. The maximum Gasteiger partial charge on any atom is 0.253 e. The Kier molecular flexibility index (Phi) is 7.37. The van der Waals surface area contributed by atoms with Gasteiger partial charge < -0.3 is 20.0 Å². The largest absolute Gasteiger partial charge is 0.467 e. The van der Waals surface area contributed by atoms with E-state index in [1.165, 1.54) is 0 Å². The van der Waals surface area contributed by atoms with Crippen molar-refractivity contribution in [3.05, 3.63) is 54.0 Å². The van der Waals surface area contributed by atoms with E-state index < -0.39 is 9.84 Å². The van der Waals surface area contributed by atoms with Crippen LogP contribution < -0.4 is 10.6 Å². The summed E-state index contributed by atoms with van der Waals surface area (Å²) in [5, 5.41) is 5.95. The summed E-state index contributed by atoms with van der Waals surface area (Å²) in [5.41, 5.74) is 0.995. The van der Waals surface area contributed by atoms with Gasteiger partial charge in [0.2, 0.25) is 5.91 Å². The first kappa shape index (κ1) is 23.4. The van der Waals surface area contributed by atoms with Crippen LogP contribution in [0.2, 0.25) is 0 Å². The van der Waals surface area contributed by atoms with E-state index in [2.05, 4.69) is 10.6 Å². The van der Waals surface area contributed by atoms with Crippen molar-refractivity contribution < 1.29 is 22.4 Å². The highest BCUT2D eigenvalue weighted by atomic mass is 32.2. The van der Waals surface area contributed by atoms with Crippen molar-refractivity contribution in [2.45, 2.75) is 57.2 Å². The molecule has 4 rings (SSSR count). The Morgan fingerprint density at radius 1 is 1.00 bits per heavy atom. The molecule has 2 fully saturated rings. The number of amides is 2. The summed E-state index contributed by atoms with van der Waals surface area (Å²) >= 11 is 0. The number of carbonyl (C=O) groups excluding carboxylic acids is 2. The van der Waals surface area contributed by atoms with Gasteiger partial charge in [-0.15, -0.1) is 0 Å². The Bertz CT molecular complexity index is 1060. The molecule has 1 saturated heterocycles. The van der Waals surface area contributed by atoms with E-state index in [1.54, 1.807) is 42.7 Å². The van der Waals surface area contributed by atoms with E-state index in [-0.39, 0.29) is 48.5 Å². The quantitative estimate of drug-likeness (QED) is 0.610. The number of carbonyl (C=O) groups is 2. The molecule has 33 heavy (non-hydrogen) atoms. The topological polar surface area (TPSA) is 109 Å². The number of furan rings is 1. The molecule has 2 N–H and O–H groups in total. The summed E-state index contributed by atoms with van der Waals surface area (Å²) in [6.45, 7) is 0.278. The van der Waals surface area contributed by atoms with Gasteiger partial charge in [0.05, 0.1) is 36.4 Å². The minimum atomic E-state index is -3.10. The molecular formula is C24H31N3O5S. The van der Waals surface area contributed by atoms with Gasteiger partial charge in [0, 0.05) is 17.8 Å². The molecule has 1 aliphatic heterocycles. The maximum atomic E-state index is 13.3. The molecule has 8 nitrogen and oxygen atoms in total. The van der Waals surface area contributed by atoms with E-state index in [1.807, 2.05) is 4.90 Å². The van der Waals surface area contributed by atoms with Gasteiger partial charge in [-0.2, -0.15) is 0 Å². The fourth-order valence-electron chi connectivity index (χ4n) is 4.83. The van der Waals surface area contributed by atoms with E-state index in [0.717, 1.165) is 32.1 Å². The SMILES string of the molecule is O=C(NCc1ccco1)c1ccccc1NCC(=O)N(C1CCCCC1)C1CCS(=O)(=O)C1. The molecule has 0 spiro atoms. The standard InChI is InChI=1S/C24H31N3O5S/c28-23(27(18-7-2-1-3-8-18)19-12-14-33(30,31)17-19)16-25-22-11-5-4-10-21(22)24(29)26-15-20-9-6-13-32-20/h4-6,9-11,13,18-19,25H,1-3,7-8,12,14-17H2,(H,26,29). The summed E-state index contributed by atoms with van der Waals surface area (Å²) < 4.78 is 29.4. The molecule has 2 aliphatic rings. The molecule has 2 amide bonds. The van der Waals surface area contributed by atoms with Gasteiger partial charge in [0.1, 0.15) is 5.76 Å². The highest BCUT2D eigenvalue weighted by Crippen LogP contribution is 2.28. The van der Waals surface area contributed by atoms with Crippen LogP contribution in [0.1, 0.15) is 54.6 Å². The fourth-order valence-corrected chi connectivity index (χ4v) is 6.54. The van der Waals surface area contributed by atoms with Crippen LogP contribution in [0.3, 0.4) is 0 Å². The predicted octanol–water partition coefficient (Wildman–Crippen LogP) is 2.97. The van der Waals surface area contributed by atoms with E-state index in [4.69, 9.17) is 4.42 Å². The lowest BCUT2D eigenvalue weighted by Crippen LogP contribution is -2.50. The zero-order chi connectivity index (χ0) is 23.3. The average molecular weight is 474 g/mol. The molecule has 1 aliphatic carbocycles. The molecule has 1 unspecified atom stereocenters. The highest BCUT2D eigenvalue weighted by Gasteiger charge is 2.38. The minimum Gasteiger partial charge on any atom is -0.467 e. The van der Waals surface area contributed by atoms with Crippen LogP contribution in [-0.2, 0) is 21.2 Å². The van der Waals surface area contributed by atoms with E-state index in [9.17, 15) is 18.0 Å². The molecular weight excluding hydrogens is 442 g/mol. The van der Waals surface area contributed by atoms with Crippen LogP contribution in [0.15, 0.2) is 47.1 Å². The number of anilines is 1. The highest BCUT2D eigenvalue weighted by molar-refractivity contribution is 7.91. The number of hydrogen-bond donors (Lipinski definition) is 2. The third-order valence-electron chi connectivity index (χ3n) is 6.46. The van der Waals surface area contributed by atoms with Gasteiger partial charge >= 0.3 is 0 Å². The second-order valence-electron chi connectivity index (χ2n) is 8.81. The van der Waals surface area contributed by atoms with Crippen molar-refractivity contribution in [1.82, 2.24) is 10.2 Å². The molecule has 1 aromatic carbocycles. The zero-order valence-electron chi connectivity index (χ0n) is 18.7. The van der Waals surface area contributed by atoms with Crippen molar-refractivity contribution in [3.8, 4) is 0 Å². The maximum absolute atomic E-state index is 13.3. The van der Waals surface area contributed by atoms with Gasteiger partial charge in [-0.1, -0.05) is 31.4 Å². The second-order valence-corrected chi connectivity index (χ2v) is 11.0. The van der Waals surface area contributed by atoms with Gasteiger partial charge in [0.25, 0.3) is 5.91 Å². The molecule has 178 valence electrons. The first-order valence-corrected chi connectivity index (χ1v) is 13.4. The van der Waals surface area contributed by atoms with Gasteiger partial charge in [0.15, 0.2) is 9.84 Å². The van der Waals surface area contributed by atoms with Crippen molar-refractivity contribution >= 4 is 27.3 Å². The molecule has 2 heterocycles. The average Bonchev–Trinajstić information content (AvgIpc) is 3.46. The van der Waals surface area contributed by atoms with Gasteiger partial charge in [-0.05, 0) is 43.5 Å². The number of hydrogen-bond acceptors (Lipinski definition) is 6. The Hall–Kier alpha value is -2.81. The van der Waals surface area contributed by atoms with E-state index >= 15 is 0 Å². The summed E-state index contributed by atoms with van der Waals surface area (Å²) in [6.07, 6.45) is 7.13. The summed E-state index contributed by atoms with van der Waals surface area (Å²) in [7, 11) is -3.10. The summed E-state index contributed by atoms with van der Waals surface area (Å²) in [5.74, 6) is 0.447. The third kappa shape index (κ3) is 5.96. The van der Waals surface area contributed by atoms with Gasteiger partial charge in [-0.3, -0.25) is 9.59 Å². The Labute approximate surface area is 194 Å². The third-order valence-corrected chi connectivity index (χ3v) is 8.21. The smallest absolute Gasteiger partial charge is 0.253 e. The van der Waals surface area contributed by atoms with E-state index in [0.29, 0.717) is 23.4 Å². The molecule has 1 saturated carbocycles. The Morgan fingerprint density at radius 2 is 1.79 bits per heavy atom. The number of nitrogens with zero attached hydrogens (tertiary/aromatic N) is 1. The molecule has 1 atom stereocenters. The normalized spacial score (nSPS) is 20.3. The number of nitrogens with one attached hydrogen (secondary N) is 2. The molecule has 0 bridgehead atoms. The summed E-state index contributed by atoms with van der Waals surface area (Å²) in [6, 6.07) is 10.4. The number of benzene rings is 1. The number of para-hydroxylation sites is 1. The lowest BCUT2D eigenvalue weighted by Gasteiger charge is -2.38. The number of rotatable bonds is 8. The first-order valence-electron chi connectivity index (χ1n) is 11.6. The van der Waals surface area contributed by atoms with Crippen LogP contribution >= 0.6 is 0 Å². The van der Waals surface area contributed by atoms with Crippen LogP contribution in [0, 0.1) is 0 Å². The van der Waals surface area contributed by atoms with Crippen molar-refractivity contribution in [2.24, 2.45) is 0 Å². The molecule has 9 heteroatoms. The molecule has 0 radical (unpaired) electrons. The molecule has 1 aromatic heterocycles. The van der Waals surface area contributed by atoms with Gasteiger partial charge in [-0.25, -0.2) is 8.42 Å². The fraction of sp³-hybridized carbons (Fsp3) is 0.500. The summed E-state index contributed by atoms with van der Waals surface area (Å²) in [4.78, 5) is 27.9. The monoisotopic (exact) mass is 473 g/mol. The Balaban J connectivity index is 1.43. The van der Waals surface area contributed by atoms with Crippen LogP contribution in [0.5, 0.6) is 0 Å². The van der Waals surface area contributed by atoms with Crippen LogP contribution in [0.4, 0.5) is 5.69 Å². The predicted molar refractivity (Wildman–Crippen MR) is 126 cm³/mol. The minimum absolute atomic E-state index is 0.00945. The lowest BCUT2D eigenvalue weighted by molar-refractivity contribution is -0.134. The zero-order valence-corrected chi connectivity index (χ0v) is 19.5. The first-order chi connectivity index (χ1) is 15.9. The van der Waals surface area contributed by atoms with Crippen LogP contribution in [0.25, 0.3) is 0 Å². The second kappa shape index (κ2) is 10.4. The van der Waals surface area contributed by atoms with Crippen molar-refractivity contribution in [2.75, 3.05) is 23.4 Å². The van der Waals surface area contributed by atoms with Crippen molar-refractivity contribution in [3.63, 3.8) is 0 Å². The number of sulfone groups is 1. The Morgan fingerprint density at radius 3 is 2.48 bits per heavy atom. The lowest BCUT2D eigenvalue weighted by atomic mass is 9.93. The van der Waals surface area contributed by atoms with Crippen LogP contribution in [-0.4, -0.2) is 55.3 Å². The van der Waals surface area contributed by atoms with Crippen molar-refractivity contribution in [1.29, 1.82) is 0 Å².